The van der Waals surface area contributed by atoms with Crippen LogP contribution in [0.4, 0.5) is 0 Å². The van der Waals surface area contributed by atoms with Gasteiger partial charge in [0, 0.05) is 38.9 Å². The largest absolute Gasteiger partial charge is 0.370 e. The van der Waals surface area contributed by atoms with E-state index in [1.54, 1.807) is 66.9 Å². The molecule has 29 nitrogen and oxygen atoms in total. The fraction of sp³-hybridized carbons (Fsp3) is 0.609. The fourth-order valence-electron chi connectivity index (χ4n) is 11.1. The first-order valence-electron chi connectivity index (χ1n) is 32.4. The second-order valence-electron chi connectivity index (χ2n) is 24.6. The quantitative estimate of drug-likeness (QED) is 0.0197. The summed E-state index contributed by atoms with van der Waals surface area (Å²) in [5.41, 5.74) is 33.6. The highest BCUT2D eigenvalue weighted by Gasteiger charge is 2.45. The Morgan fingerprint density at radius 2 is 1.15 bits per heavy atom. The number of carbonyl (C=O) groups is 12. The molecule has 0 unspecified atom stereocenters. The van der Waals surface area contributed by atoms with Crippen LogP contribution in [0.15, 0.2) is 65.7 Å². The Labute approximate surface area is 564 Å². The Morgan fingerprint density at radius 3 is 1.69 bits per heavy atom. The third-order valence-corrected chi connectivity index (χ3v) is 17.7. The van der Waals surface area contributed by atoms with Crippen molar-refractivity contribution in [3.05, 3.63) is 71.8 Å². The minimum Gasteiger partial charge on any atom is -0.370 e. The summed E-state index contributed by atoms with van der Waals surface area (Å²) in [5, 5.41) is 21.8. The number of amides is 12. The van der Waals surface area contributed by atoms with Crippen LogP contribution in [0.2, 0.25) is 0 Å². The number of rotatable bonds is 42. The van der Waals surface area contributed by atoms with Gasteiger partial charge in [-0.25, -0.2) is 0 Å². The maximum absolute atomic E-state index is 14.9. The van der Waals surface area contributed by atoms with Gasteiger partial charge in [-0.3, -0.25) is 62.5 Å². The Balaban J connectivity index is 1.57. The van der Waals surface area contributed by atoms with Crippen LogP contribution < -0.4 is 76.9 Å². The third-order valence-electron chi connectivity index (χ3n) is 16.4. The molecule has 0 aliphatic carbocycles. The van der Waals surface area contributed by atoms with E-state index >= 15 is 0 Å². The number of benzene rings is 2. The number of hydrogen-bond donors (Lipinski definition) is 14. The molecule has 2 aromatic rings. The highest BCUT2D eigenvalue weighted by atomic mass is 32.2. The number of guanidine groups is 1. The Hall–Kier alpha value is -8.03. The zero-order chi connectivity index (χ0) is 70.2. The molecule has 2 saturated heterocycles. The molecule has 2 aliphatic heterocycles. The second kappa shape index (κ2) is 41.0. The van der Waals surface area contributed by atoms with Crippen molar-refractivity contribution in [1.82, 2.24) is 52.3 Å². The molecule has 31 heteroatoms. The fourth-order valence-corrected chi connectivity index (χ4v) is 12.2. The van der Waals surface area contributed by atoms with Gasteiger partial charge in [-0.15, -0.1) is 0 Å². The van der Waals surface area contributed by atoms with E-state index in [2.05, 4.69) is 47.5 Å². The molecular weight excluding hydrogens is 1260 g/mol. The molecule has 20 N–H and O–H groups in total. The summed E-state index contributed by atoms with van der Waals surface area (Å²) >= 11 is 2.83. The average molecular weight is 1360 g/mol. The first kappa shape index (κ1) is 79.4. The molecule has 2 fully saturated rings. The van der Waals surface area contributed by atoms with Crippen LogP contribution >= 0.6 is 23.5 Å². The molecule has 95 heavy (non-hydrogen) atoms. The zero-order valence-electron chi connectivity index (χ0n) is 55.3. The van der Waals surface area contributed by atoms with Gasteiger partial charge in [0.2, 0.25) is 70.9 Å². The Kier molecular flexibility index (Phi) is 34.3. The molecule has 4 rings (SSSR count). The van der Waals surface area contributed by atoms with Gasteiger partial charge in [-0.2, -0.15) is 23.5 Å². The van der Waals surface area contributed by atoms with Gasteiger partial charge in [0.1, 0.15) is 53.9 Å². The molecule has 0 aromatic heterocycles. The van der Waals surface area contributed by atoms with Gasteiger partial charge >= 0.3 is 0 Å². The zero-order valence-corrected chi connectivity index (χ0v) is 57.0. The monoisotopic (exact) mass is 1360 g/mol. The van der Waals surface area contributed by atoms with Crippen LogP contribution in [0.3, 0.4) is 0 Å². The van der Waals surface area contributed by atoms with E-state index in [0.29, 0.717) is 67.7 Å². The van der Waals surface area contributed by atoms with E-state index in [4.69, 9.17) is 34.4 Å². The number of nitrogens with one attached hydrogen (secondary N) is 8. The number of nitrogens with two attached hydrogens (primary N) is 6. The summed E-state index contributed by atoms with van der Waals surface area (Å²) in [5.74, 6) is -7.88. The summed E-state index contributed by atoms with van der Waals surface area (Å²) in [6, 6.07) is 6.79. The van der Waals surface area contributed by atoms with Crippen LogP contribution in [-0.2, 0) is 70.4 Å². The molecule has 12 amide bonds. The number of likely N-dealkylation sites (tertiary alicyclic amines) is 2. The summed E-state index contributed by atoms with van der Waals surface area (Å²) < 4.78 is 0. The molecule has 526 valence electrons. The number of hydrogen-bond acceptors (Lipinski definition) is 17. The number of aliphatic imine (C=N–C) groups is 1. The van der Waals surface area contributed by atoms with Crippen molar-refractivity contribution < 1.29 is 57.5 Å². The van der Waals surface area contributed by atoms with E-state index in [9.17, 15) is 57.5 Å². The van der Waals surface area contributed by atoms with Crippen LogP contribution in [-0.4, -0.2) is 203 Å². The van der Waals surface area contributed by atoms with E-state index in [0.717, 1.165) is 0 Å². The predicted molar refractivity (Wildman–Crippen MR) is 365 cm³/mol. The third kappa shape index (κ3) is 27.0. The second-order valence-corrected chi connectivity index (χ2v) is 26.6. The first-order valence-corrected chi connectivity index (χ1v) is 35.2. The van der Waals surface area contributed by atoms with Crippen molar-refractivity contribution in [3.63, 3.8) is 0 Å². The van der Waals surface area contributed by atoms with Gasteiger partial charge in [0.15, 0.2) is 5.96 Å². The number of unbranched alkanes of at least 4 members (excludes halogenated alkanes) is 1. The average Bonchev–Trinajstić information content (AvgIpc) is 1.79. The summed E-state index contributed by atoms with van der Waals surface area (Å²) in [7, 11) is 0. The van der Waals surface area contributed by atoms with Crippen LogP contribution in [0.25, 0.3) is 0 Å². The normalized spacial score (nSPS) is 17.2. The molecule has 10 atom stereocenters. The molecule has 0 bridgehead atoms. The molecule has 2 heterocycles. The highest BCUT2D eigenvalue weighted by molar-refractivity contribution is 7.98. The summed E-state index contributed by atoms with van der Waals surface area (Å²) in [6.07, 6.45) is 6.39. The van der Waals surface area contributed by atoms with Crippen molar-refractivity contribution in [2.45, 2.75) is 183 Å². The van der Waals surface area contributed by atoms with E-state index in [1.807, 2.05) is 20.1 Å². The van der Waals surface area contributed by atoms with Crippen molar-refractivity contribution in [1.29, 1.82) is 0 Å². The first-order chi connectivity index (χ1) is 45.2. The number of primary amides is 2. The van der Waals surface area contributed by atoms with Gasteiger partial charge in [-0.1, -0.05) is 74.5 Å². The van der Waals surface area contributed by atoms with Crippen molar-refractivity contribution in [3.8, 4) is 0 Å². The topological polar surface area (TPSA) is 476 Å². The molecule has 0 radical (unpaired) electrons. The van der Waals surface area contributed by atoms with Crippen LogP contribution in [0, 0.1) is 5.92 Å². The summed E-state index contributed by atoms with van der Waals surface area (Å²) in [6.45, 7) is 5.51. The van der Waals surface area contributed by atoms with E-state index in [1.165, 1.54) is 40.2 Å². The SMILES string of the molecule is CSCC[C@H](NC(=O)[C@H](CC(C)C)NC(=O)CNC(=O)[C@H](Cc1ccccc1)NC(=O)[C@H](Cc1ccccc1)NC(=O)[C@H](CCC(N)=O)NC(=O)[C@](C)(CCSC)NC(=O)[C@@H]1CCCN1C(=O)[C@H](CCCCN)NC(=O)[C@@H]1CCCN1C(=O)[C@@H](N)CCCN=C(N)N)C(N)=O. The lowest BCUT2D eigenvalue weighted by atomic mass is 9.95. The van der Waals surface area contributed by atoms with Crippen molar-refractivity contribution in [2.24, 2.45) is 45.3 Å². The van der Waals surface area contributed by atoms with Crippen molar-refractivity contribution >= 4 is 100 Å². The van der Waals surface area contributed by atoms with Gasteiger partial charge < -0.3 is 86.7 Å². The van der Waals surface area contributed by atoms with Gasteiger partial charge in [0.05, 0.1) is 12.6 Å². The highest BCUT2D eigenvalue weighted by Crippen LogP contribution is 2.25. The lowest BCUT2D eigenvalue weighted by Gasteiger charge is -2.35. The summed E-state index contributed by atoms with van der Waals surface area (Å²) in [4.78, 5) is 174. The molecule has 2 aliphatic rings. The van der Waals surface area contributed by atoms with Crippen LogP contribution in [0.5, 0.6) is 0 Å². The number of thioether (sulfide) groups is 2. The molecule has 2 aromatic carbocycles. The lowest BCUT2D eigenvalue weighted by molar-refractivity contribution is -0.145. The van der Waals surface area contributed by atoms with Crippen LogP contribution in [0.1, 0.15) is 122 Å². The maximum Gasteiger partial charge on any atom is 0.246 e. The standard InChI is InChI=1S/C64H101N17O12S2/c1-39(2)35-46(56(87)74-43(53(68)84)27-33-94-4)73-52(83)38-72-54(85)47(36-40-17-8-6-9-18-40)76-57(88)48(37-41-19-10-7-11-20-41)77-55(86)44(25-26-51(67)82)78-62(93)64(3,28-34-95-5)79-59(90)50-24-16-32-81(50)61(92)45(22-12-13-29-65)75-58(89)49-23-15-31-80(49)60(91)42(66)21-14-30-71-63(69)70/h6-11,17-20,39,42-50H,12-16,21-38,65-66H2,1-5H3,(H2,67,82)(H2,68,84)(H,72,85)(H,73,83)(H,74,87)(H,75,89)(H,76,88)(H,77,86)(H,78,93)(H,79,90)(H4,69,70,71)/t42-,43-,44-,45-,46-,47-,48-,49-,50-,64-/m0/s1. The van der Waals surface area contributed by atoms with Crippen molar-refractivity contribution in [2.75, 3.05) is 56.7 Å². The lowest BCUT2D eigenvalue weighted by Crippen LogP contribution is -2.64. The number of carbonyl (C=O) groups excluding carboxylic acids is 12. The smallest absolute Gasteiger partial charge is 0.246 e. The maximum atomic E-state index is 14.9. The van der Waals surface area contributed by atoms with Gasteiger partial charge in [-0.05, 0) is 138 Å². The molecular formula is C64H101N17O12S2. The Morgan fingerprint density at radius 1 is 0.600 bits per heavy atom. The van der Waals surface area contributed by atoms with Gasteiger partial charge in [0.25, 0.3) is 0 Å². The minimum atomic E-state index is -1.76. The molecule has 0 spiro atoms. The predicted octanol–water partition coefficient (Wildman–Crippen LogP) is -1.83. The number of nitrogens with zero attached hydrogens (tertiary/aromatic N) is 3. The van der Waals surface area contributed by atoms with E-state index < -0.39 is 144 Å². The molecule has 0 saturated carbocycles. The minimum absolute atomic E-state index is 0.0140. The van der Waals surface area contributed by atoms with E-state index in [-0.39, 0.29) is 89.3 Å². The Bertz CT molecular complexity index is 2930.